The van der Waals surface area contributed by atoms with Crippen LogP contribution in [0.5, 0.6) is 5.75 Å². The van der Waals surface area contributed by atoms with Gasteiger partial charge in [0.2, 0.25) is 0 Å². The average molecular weight is 363 g/mol. The Kier molecular flexibility index (Phi) is 3.86. The van der Waals surface area contributed by atoms with Crippen LogP contribution in [0.15, 0.2) is 54.9 Å². The molecule has 0 radical (unpaired) electrons. The number of ether oxygens (including phenoxy) is 2. The van der Waals surface area contributed by atoms with E-state index in [0.717, 1.165) is 29.5 Å². The van der Waals surface area contributed by atoms with Crippen LogP contribution in [0.4, 0.5) is 0 Å². The molecular weight excluding hydrogens is 342 g/mol. The summed E-state index contributed by atoms with van der Waals surface area (Å²) in [6.07, 6.45) is 5.07. The van der Waals surface area contributed by atoms with Gasteiger partial charge in [-0.1, -0.05) is 18.2 Å². The lowest BCUT2D eigenvalue weighted by Crippen LogP contribution is -2.36. The number of nitrogens with one attached hydrogen (secondary N) is 1. The summed E-state index contributed by atoms with van der Waals surface area (Å²) in [5.41, 5.74) is 1.32. The van der Waals surface area contributed by atoms with Gasteiger partial charge in [0.05, 0.1) is 24.9 Å². The molecule has 2 fully saturated rings. The highest BCUT2D eigenvalue weighted by atomic mass is 16.6. The lowest BCUT2D eigenvalue weighted by atomic mass is 9.98. The largest absolute Gasteiger partial charge is 0.486 e. The quantitative estimate of drug-likeness (QED) is 0.777. The van der Waals surface area contributed by atoms with Crippen LogP contribution in [0.2, 0.25) is 0 Å². The summed E-state index contributed by atoms with van der Waals surface area (Å²) in [6, 6.07) is 13.6. The van der Waals surface area contributed by atoms with Crippen LogP contribution in [0.1, 0.15) is 23.3 Å². The Labute approximate surface area is 157 Å². The zero-order chi connectivity index (χ0) is 18.3. The summed E-state index contributed by atoms with van der Waals surface area (Å²) in [4.78, 5) is 22.1. The molecule has 27 heavy (non-hydrogen) atoms. The van der Waals surface area contributed by atoms with Crippen LogP contribution < -0.4 is 4.74 Å². The minimum Gasteiger partial charge on any atom is -0.486 e. The fourth-order valence-corrected chi connectivity index (χ4v) is 4.15. The van der Waals surface area contributed by atoms with Gasteiger partial charge in [0, 0.05) is 30.1 Å². The number of aromatic amines is 1. The van der Waals surface area contributed by atoms with Crippen molar-refractivity contribution < 1.29 is 14.3 Å². The molecule has 1 amide bonds. The van der Waals surface area contributed by atoms with E-state index in [-0.39, 0.29) is 17.6 Å². The van der Waals surface area contributed by atoms with Gasteiger partial charge in [-0.05, 0) is 30.7 Å². The summed E-state index contributed by atoms with van der Waals surface area (Å²) in [6.45, 7) is 1.85. The van der Waals surface area contributed by atoms with Crippen molar-refractivity contribution in [1.82, 2.24) is 14.9 Å². The number of carbonyl (C=O) groups excluding carboxylic acids is 1. The van der Waals surface area contributed by atoms with E-state index < -0.39 is 0 Å². The van der Waals surface area contributed by atoms with Crippen LogP contribution in [-0.4, -0.2) is 52.2 Å². The highest BCUT2D eigenvalue weighted by Crippen LogP contribution is 2.37. The number of hydrogen-bond donors (Lipinski definition) is 1. The van der Waals surface area contributed by atoms with Gasteiger partial charge < -0.3 is 19.4 Å². The Hall–Kier alpha value is -2.86. The van der Waals surface area contributed by atoms with Gasteiger partial charge >= 0.3 is 0 Å². The zero-order valence-corrected chi connectivity index (χ0v) is 14.9. The number of aromatic nitrogens is 2. The average Bonchev–Trinajstić information content (AvgIpc) is 3.41. The molecule has 2 saturated heterocycles. The normalized spacial score (nSPS) is 24.7. The topological polar surface area (TPSA) is 67.5 Å². The fraction of sp³-hybridized carbons (Fsp3) is 0.333. The maximum Gasteiger partial charge on any atom is 0.270 e. The Morgan fingerprint density at radius 1 is 1.30 bits per heavy atom. The van der Waals surface area contributed by atoms with E-state index in [1.165, 1.54) is 0 Å². The molecule has 4 heterocycles. The zero-order valence-electron chi connectivity index (χ0n) is 14.9. The summed E-state index contributed by atoms with van der Waals surface area (Å²) in [7, 11) is 0. The molecule has 3 aromatic rings. The third kappa shape index (κ3) is 3.06. The number of carbonyl (C=O) groups is 1. The first kappa shape index (κ1) is 16.3. The molecule has 2 unspecified atom stereocenters. The molecule has 2 aliphatic rings. The Bertz CT molecular complexity index is 938. The van der Waals surface area contributed by atoms with Crippen molar-refractivity contribution >= 4 is 16.8 Å². The first-order chi connectivity index (χ1) is 13.2. The van der Waals surface area contributed by atoms with Crippen LogP contribution in [0.25, 0.3) is 10.9 Å². The van der Waals surface area contributed by atoms with Gasteiger partial charge in [0.15, 0.2) is 0 Å². The van der Waals surface area contributed by atoms with E-state index in [9.17, 15) is 4.79 Å². The monoisotopic (exact) mass is 363 g/mol. The van der Waals surface area contributed by atoms with Gasteiger partial charge in [-0.3, -0.25) is 9.78 Å². The first-order valence-corrected chi connectivity index (χ1v) is 9.29. The van der Waals surface area contributed by atoms with E-state index in [2.05, 4.69) is 9.97 Å². The number of benzene rings is 1. The molecule has 2 atom stereocenters. The molecule has 0 saturated carbocycles. The minimum absolute atomic E-state index is 0.00247. The van der Waals surface area contributed by atoms with Crippen LogP contribution >= 0.6 is 0 Å². The number of rotatable bonds is 3. The number of nitrogens with zero attached hydrogens (tertiary/aromatic N) is 2. The molecule has 2 aliphatic heterocycles. The SMILES string of the molecule is O=C(c1cc2ccccc2[nH]1)N1CCC2(CC(Oc3cccnc3)CO2)C1. The minimum atomic E-state index is -0.297. The third-order valence-electron chi connectivity index (χ3n) is 5.48. The smallest absolute Gasteiger partial charge is 0.270 e. The number of pyridine rings is 1. The molecule has 2 aromatic heterocycles. The van der Waals surface area contributed by atoms with Crippen molar-refractivity contribution in [1.29, 1.82) is 0 Å². The fourth-order valence-electron chi connectivity index (χ4n) is 4.15. The summed E-state index contributed by atoms with van der Waals surface area (Å²) < 4.78 is 12.1. The molecule has 138 valence electrons. The van der Waals surface area contributed by atoms with Gasteiger partial charge in [0.25, 0.3) is 5.91 Å². The van der Waals surface area contributed by atoms with Gasteiger partial charge in [0.1, 0.15) is 17.5 Å². The van der Waals surface area contributed by atoms with Gasteiger partial charge in [-0.25, -0.2) is 0 Å². The molecule has 6 heteroatoms. The van der Waals surface area contributed by atoms with Crippen molar-refractivity contribution in [3.8, 4) is 5.75 Å². The number of para-hydroxylation sites is 1. The predicted molar refractivity (Wildman–Crippen MR) is 101 cm³/mol. The number of H-pyrrole nitrogens is 1. The van der Waals surface area contributed by atoms with Crippen molar-refractivity contribution in [3.63, 3.8) is 0 Å². The van der Waals surface area contributed by atoms with Crippen LogP contribution in [0, 0.1) is 0 Å². The van der Waals surface area contributed by atoms with Crippen molar-refractivity contribution in [2.24, 2.45) is 0 Å². The number of likely N-dealkylation sites (tertiary alicyclic amines) is 1. The molecule has 1 spiro atoms. The molecule has 0 aliphatic carbocycles. The van der Waals surface area contributed by atoms with E-state index in [0.29, 0.717) is 25.4 Å². The maximum absolute atomic E-state index is 12.9. The standard InChI is InChI=1S/C21H21N3O3/c25-20(19-10-15-4-1-2-6-18(15)23-19)24-9-7-21(14-24)11-17(13-26-21)27-16-5-3-8-22-12-16/h1-6,8,10,12,17,23H,7,9,11,13-14H2. The van der Waals surface area contributed by atoms with Crippen LogP contribution in [0.3, 0.4) is 0 Å². The van der Waals surface area contributed by atoms with Crippen molar-refractivity contribution in [2.45, 2.75) is 24.5 Å². The molecule has 5 rings (SSSR count). The molecule has 1 aromatic carbocycles. The van der Waals surface area contributed by atoms with E-state index in [1.807, 2.05) is 47.4 Å². The maximum atomic E-state index is 12.9. The van der Waals surface area contributed by atoms with E-state index in [4.69, 9.17) is 9.47 Å². The number of hydrogen-bond acceptors (Lipinski definition) is 4. The molecule has 6 nitrogen and oxygen atoms in total. The predicted octanol–water partition coefficient (Wildman–Crippen LogP) is 3.02. The highest BCUT2D eigenvalue weighted by Gasteiger charge is 2.47. The second kappa shape index (κ2) is 6.39. The third-order valence-corrected chi connectivity index (χ3v) is 5.48. The number of amides is 1. The lowest BCUT2D eigenvalue weighted by molar-refractivity contribution is 0.00990. The van der Waals surface area contributed by atoms with E-state index >= 15 is 0 Å². The lowest BCUT2D eigenvalue weighted by Gasteiger charge is -2.23. The molecule has 0 bridgehead atoms. The summed E-state index contributed by atoms with van der Waals surface area (Å²) in [5, 5.41) is 1.05. The Balaban J connectivity index is 1.26. The summed E-state index contributed by atoms with van der Waals surface area (Å²) >= 11 is 0. The van der Waals surface area contributed by atoms with Crippen molar-refractivity contribution in [2.75, 3.05) is 19.7 Å². The number of fused-ring (bicyclic) bond motifs is 1. The van der Waals surface area contributed by atoms with Gasteiger partial charge in [-0.15, -0.1) is 0 Å². The highest BCUT2D eigenvalue weighted by molar-refractivity contribution is 5.98. The Morgan fingerprint density at radius 2 is 2.22 bits per heavy atom. The molecule has 1 N–H and O–H groups in total. The van der Waals surface area contributed by atoms with E-state index in [1.54, 1.807) is 12.4 Å². The van der Waals surface area contributed by atoms with Gasteiger partial charge in [-0.2, -0.15) is 0 Å². The van der Waals surface area contributed by atoms with Crippen LogP contribution in [-0.2, 0) is 4.74 Å². The summed E-state index contributed by atoms with van der Waals surface area (Å²) in [5.74, 6) is 0.787. The second-order valence-electron chi connectivity index (χ2n) is 7.37. The van der Waals surface area contributed by atoms with Crippen molar-refractivity contribution in [3.05, 3.63) is 60.6 Å². The molecular formula is C21H21N3O3. The Morgan fingerprint density at radius 3 is 3.07 bits per heavy atom. The first-order valence-electron chi connectivity index (χ1n) is 9.29. The second-order valence-corrected chi connectivity index (χ2v) is 7.37.